The molecule has 1 aliphatic rings. The highest BCUT2D eigenvalue weighted by Gasteiger charge is 2.21. The summed E-state index contributed by atoms with van der Waals surface area (Å²) in [4.78, 5) is 23.1. The van der Waals surface area contributed by atoms with Gasteiger partial charge in [0.05, 0.1) is 5.52 Å². The number of piperidine rings is 1. The van der Waals surface area contributed by atoms with Crippen LogP contribution in [0.4, 0.5) is 11.8 Å². The summed E-state index contributed by atoms with van der Waals surface area (Å²) in [6.07, 6.45) is 3.38. The second kappa shape index (κ2) is 7.28. The predicted octanol–water partition coefficient (Wildman–Crippen LogP) is 1.68. The van der Waals surface area contributed by atoms with Gasteiger partial charge in [-0.15, -0.1) is 5.10 Å². The molecule has 0 radical (unpaired) electrons. The van der Waals surface area contributed by atoms with Crippen LogP contribution in [0.15, 0.2) is 28.8 Å². The Morgan fingerprint density at radius 1 is 1.26 bits per heavy atom. The van der Waals surface area contributed by atoms with Crippen molar-refractivity contribution in [3.05, 3.63) is 24.4 Å². The van der Waals surface area contributed by atoms with Gasteiger partial charge >= 0.3 is 6.01 Å². The van der Waals surface area contributed by atoms with Gasteiger partial charge < -0.3 is 20.0 Å². The Morgan fingerprint density at radius 3 is 2.81 bits per heavy atom. The maximum absolute atomic E-state index is 12.4. The predicted molar refractivity (Wildman–Crippen MR) is 101 cm³/mol. The number of anilines is 2. The van der Waals surface area contributed by atoms with Gasteiger partial charge in [-0.2, -0.15) is 0 Å². The lowest BCUT2D eigenvalue weighted by Crippen LogP contribution is -2.34. The Labute approximate surface area is 156 Å². The molecular formula is C18H21N7O2. The van der Waals surface area contributed by atoms with Crippen molar-refractivity contribution in [3.63, 3.8) is 0 Å². The van der Waals surface area contributed by atoms with Crippen LogP contribution < -0.4 is 15.5 Å². The van der Waals surface area contributed by atoms with E-state index in [4.69, 9.17) is 4.42 Å². The van der Waals surface area contributed by atoms with Crippen molar-refractivity contribution in [2.75, 3.05) is 37.4 Å². The number of amides is 1. The third-order valence-electron chi connectivity index (χ3n) is 4.55. The molecule has 0 spiro atoms. The van der Waals surface area contributed by atoms with Gasteiger partial charge in [0.25, 0.3) is 5.89 Å². The lowest BCUT2D eigenvalue weighted by molar-refractivity contribution is -0.120. The molecular weight excluding hydrogens is 346 g/mol. The molecule has 3 aromatic heterocycles. The van der Waals surface area contributed by atoms with Crippen molar-refractivity contribution in [1.82, 2.24) is 25.5 Å². The fourth-order valence-electron chi connectivity index (χ4n) is 3.02. The van der Waals surface area contributed by atoms with Crippen LogP contribution in [0.5, 0.6) is 0 Å². The Morgan fingerprint density at radius 2 is 2.07 bits per heavy atom. The molecule has 3 aromatic rings. The van der Waals surface area contributed by atoms with Crippen LogP contribution in [0, 0.1) is 5.92 Å². The topological polar surface area (TPSA) is 109 Å². The smallest absolute Gasteiger partial charge is 0.317 e. The normalized spacial score (nSPS) is 15.0. The van der Waals surface area contributed by atoms with Crippen molar-refractivity contribution in [3.8, 4) is 11.6 Å². The monoisotopic (exact) mass is 367 g/mol. The molecule has 0 aliphatic carbocycles. The second-order valence-corrected chi connectivity index (χ2v) is 6.76. The Hall–Kier alpha value is -3.07. The van der Waals surface area contributed by atoms with Gasteiger partial charge in [0.1, 0.15) is 11.5 Å². The summed E-state index contributed by atoms with van der Waals surface area (Å²) in [5, 5.41) is 15.0. The number of aromatic nitrogens is 4. The van der Waals surface area contributed by atoms with E-state index in [1.807, 2.05) is 26.2 Å². The van der Waals surface area contributed by atoms with Gasteiger partial charge in [-0.1, -0.05) is 5.10 Å². The molecule has 1 amide bonds. The first-order chi connectivity index (χ1) is 13.1. The molecule has 0 saturated carbocycles. The largest absolute Gasteiger partial charge is 0.402 e. The van der Waals surface area contributed by atoms with E-state index in [0.29, 0.717) is 28.9 Å². The summed E-state index contributed by atoms with van der Waals surface area (Å²) in [5.41, 5.74) is 1.28. The van der Waals surface area contributed by atoms with E-state index in [0.717, 1.165) is 31.3 Å². The first kappa shape index (κ1) is 17.3. The molecule has 0 aromatic carbocycles. The van der Waals surface area contributed by atoms with Crippen molar-refractivity contribution in [2.45, 2.75) is 12.8 Å². The molecule has 0 bridgehead atoms. The lowest BCUT2D eigenvalue weighted by atomic mass is 9.97. The van der Waals surface area contributed by atoms with Gasteiger partial charge in [0.2, 0.25) is 5.91 Å². The average Bonchev–Trinajstić information content (AvgIpc) is 3.19. The molecule has 0 atom stereocenters. The maximum Gasteiger partial charge on any atom is 0.317 e. The summed E-state index contributed by atoms with van der Waals surface area (Å²) in [6, 6.07) is 5.88. The molecule has 4 rings (SSSR count). The summed E-state index contributed by atoms with van der Waals surface area (Å²) < 4.78 is 5.60. The van der Waals surface area contributed by atoms with Gasteiger partial charge in [-0.25, -0.2) is 9.97 Å². The highest BCUT2D eigenvalue weighted by atomic mass is 16.4. The number of pyridine rings is 2. The number of carbonyl (C=O) groups is 1. The van der Waals surface area contributed by atoms with E-state index >= 15 is 0 Å². The number of nitrogens with zero attached hydrogens (tertiary/aromatic N) is 5. The van der Waals surface area contributed by atoms with Gasteiger partial charge in [0.15, 0.2) is 0 Å². The zero-order chi connectivity index (χ0) is 18.8. The van der Waals surface area contributed by atoms with Crippen molar-refractivity contribution in [1.29, 1.82) is 0 Å². The number of rotatable bonds is 4. The van der Waals surface area contributed by atoms with Crippen molar-refractivity contribution >= 4 is 28.6 Å². The molecule has 9 nitrogen and oxygen atoms in total. The van der Waals surface area contributed by atoms with Gasteiger partial charge in [0, 0.05) is 37.7 Å². The van der Waals surface area contributed by atoms with E-state index in [1.165, 1.54) is 0 Å². The third-order valence-corrected chi connectivity index (χ3v) is 4.55. The highest BCUT2D eigenvalue weighted by molar-refractivity contribution is 5.93. The van der Waals surface area contributed by atoms with Crippen LogP contribution in [-0.4, -0.2) is 53.3 Å². The molecule has 140 valence electrons. The zero-order valence-corrected chi connectivity index (χ0v) is 15.3. The van der Waals surface area contributed by atoms with Crippen molar-refractivity contribution in [2.24, 2.45) is 5.92 Å². The minimum absolute atomic E-state index is 0.00651. The number of nitrogens with one attached hydrogen (secondary N) is 2. The third kappa shape index (κ3) is 3.72. The van der Waals surface area contributed by atoms with E-state index in [-0.39, 0.29) is 11.8 Å². The standard InChI is InChI=1S/C18H21N7O2/c1-25(2)18-24-23-17(27-18)13-4-3-12-10-20-15(9-14(12)21-13)22-16(26)11-5-7-19-8-6-11/h3-4,9-11,19H,5-8H2,1-2H3,(H,20,22,26). The molecule has 1 aliphatic heterocycles. The first-order valence-electron chi connectivity index (χ1n) is 8.90. The minimum Gasteiger partial charge on any atom is -0.402 e. The van der Waals surface area contributed by atoms with Crippen LogP contribution in [0.25, 0.3) is 22.5 Å². The fourth-order valence-corrected chi connectivity index (χ4v) is 3.02. The van der Waals surface area contributed by atoms with E-state index < -0.39 is 0 Å². The lowest BCUT2D eigenvalue weighted by Gasteiger charge is -2.21. The number of carbonyl (C=O) groups excluding carboxylic acids is 1. The van der Waals surface area contributed by atoms with Gasteiger partial charge in [-0.3, -0.25) is 4.79 Å². The van der Waals surface area contributed by atoms with Crippen LogP contribution in [0.2, 0.25) is 0 Å². The number of hydrogen-bond acceptors (Lipinski definition) is 8. The molecule has 1 saturated heterocycles. The van der Waals surface area contributed by atoms with E-state index in [9.17, 15) is 4.79 Å². The highest BCUT2D eigenvalue weighted by Crippen LogP contribution is 2.23. The molecule has 4 heterocycles. The molecule has 2 N–H and O–H groups in total. The van der Waals surface area contributed by atoms with Crippen LogP contribution >= 0.6 is 0 Å². The Kier molecular flexibility index (Phi) is 4.68. The molecule has 9 heteroatoms. The summed E-state index contributed by atoms with van der Waals surface area (Å²) >= 11 is 0. The first-order valence-corrected chi connectivity index (χ1v) is 8.90. The fraction of sp³-hybridized carbons (Fsp3) is 0.389. The number of hydrogen-bond donors (Lipinski definition) is 2. The zero-order valence-electron chi connectivity index (χ0n) is 15.3. The molecule has 27 heavy (non-hydrogen) atoms. The molecule has 0 unspecified atom stereocenters. The Balaban J connectivity index is 1.57. The average molecular weight is 367 g/mol. The maximum atomic E-state index is 12.4. The second-order valence-electron chi connectivity index (χ2n) is 6.76. The van der Waals surface area contributed by atoms with Crippen LogP contribution in [0.1, 0.15) is 12.8 Å². The van der Waals surface area contributed by atoms with Crippen molar-refractivity contribution < 1.29 is 9.21 Å². The molecule has 1 fully saturated rings. The van der Waals surface area contributed by atoms with Crippen LogP contribution in [-0.2, 0) is 4.79 Å². The van der Waals surface area contributed by atoms with E-state index in [2.05, 4.69) is 30.8 Å². The SMILES string of the molecule is CN(C)c1nnc(-c2ccc3cnc(NC(=O)C4CCNCC4)cc3n2)o1. The summed E-state index contributed by atoms with van der Waals surface area (Å²) in [5.74, 6) is 0.866. The van der Waals surface area contributed by atoms with Gasteiger partial charge in [-0.05, 0) is 38.1 Å². The summed E-state index contributed by atoms with van der Waals surface area (Å²) in [7, 11) is 3.65. The summed E-state index contributed by atoms with van der Waals surface area (Å²) in [6.45, 7) is 1.74. The minimum atomic E-state index is 0.00651. The Bertz CT molecular complexity index is 963. The number of fused-ring (bicyclic) bond motifs is 1. The van der Waals surface area contributed by atoms with Crippen LogP contribution in [0.3, 0.4) is 0 Å². The quantitative estimate of drug-likeness (QED) is 0.717. The van der Waals surface area contributed by atoms with E-state index in [1.54, 1.807) is 17.2 Å².